The molecule has 1 aromatic carbocycles. The predicted octanol–water partition coefficient (Wildman–Crippen LogP) is 2.51. The largest absolute Gasteiger partial charge is 0.504 e. The van der Waals surface area contributed by atoms with Crippen LogP contribution in [0, 0.1) is 17.1 Å². The number of phenols is 1. The van der Waals surface area contributed by atoms with E-state index in [4.69, 9.17) is 5.26 Å². The van der Waals surface area contributed by atoms with Crippen LogP contribution in [0.5, 0.6) is 5.75 Å². The number of phenolic OH excluding ortho intramolecular Hbond substituents is 1. The molecule has 1 aliphatic rings. The van der Waals surface area contributed by atoms with Crippen molar-refractivity contribution in [1.29, 1.82) is 5.26 Å². The number of isocyanates is 1. The van der Waals surface area contributed by atoms with Gasteiger partial charge in [-0.2, -0.15) is 10.3 Å². The van der Waals surface area contributed by atoms with Crippen molar-refractivity contribution in [2.75, 3.05) is 0 Å². The van der Waals surface area contributed by atoms with Crippen LogP contribution in [-0.2, 0) is 10.3 Å². The first kappa shape index (κ1) is 12.3. The number of benzene rings is 1. The third kappa shape index (κ3) is 1.87. The topological polar surface area (TPSA) is 73.5 Å². The molecular weight excluding hydrogens is 235 g/mol. The number of aliphatic imine (C=N–C) groups is 1. The number of hydrogen-bond donors (Lipinski definition) is 1. The van der Waals surface area contributed by atoms with E-state index in [1.54, 1.807) is 6.07 Å². The third-order valence-corrected chi connectivity index (χ3v) is 3.41. The molecule has 0 amide bonds. The highest BCUT2D eigenvalue weighted by atomic mass is 19.1. The Bertz CT molecular complexity index is 565. The van der Waals surface area contributed by atoms with E-state index in [-0.39, 0.29) is 5.56 Å². The first-order chi connectivity index (χ1) is 8.63. The minimum Gasteiger partial charge on any atom is -0.504 e. The highest BCUT2D eigenvalue weighted by Crippen LogP contribution is 2.43. The maximum absolute atomic E-state index is 13.5. The molecule has 1 fully saturated rings. The standard InChI is InChI=1S/C13H11FN2O2/c14-11-6-10(5-9(7-15)12(11)18)13(16-8-17)3-1-2-4-13/h5-6,18H,1-4H2. The number of carbonyl (C=O) groups excluding carboxylic acids is 1. The molecule has 0 unspecified atom stereocenters. The minimum atomic E-state index is -0.864. The molecule has 1 aliphatic carbocycles. The highest BCUT2D eigenvalue weighted by Gasteiger charge is 2.36. The summed E-state index contributed by atoms with van der Waals surface area (Å²) >= 11 is 0. The van der Waals surface area contributed by atoms with Crippen molar-refractivity contribution in [3.8, 4) is 11.8 Å². The molecule has 0 saturated heterocycles. The lowest BCUT2D eigenvalue weighted by molar-refractivity contribution is 0.420. The van der Waals surface area contributed by atoms with E-state index in [2.05, 4.69) is 4.99 Å². The molecular formula is C13H11FN2O2. The Morgan fingerprint density at radius 2 is 2.06 bits per heavy atom. The molecule has 0 aliphatic heterocycles. The van der Waals surface area contributed by atoms with Crippen LogP contribution in [0.15, 0.2) is 17.1 Å². The van der Waals surface area contributed by atoms with Gasteiger partial charge in [0.2, 0.25) is 6.08 Å². The summed E-state index contributed by atoms with van der Waals surface area (Å²) < 4.78 is 13.5. The van der Waals surface area contributed by atoms with Crippen molar-refractivity contribution in [3.63, 3.8) is 0 Å². The van der Waals surface area contributed by atoms with Gasteiger partial charge in [0.15, 0.2) is 11.6 Å². The van der Waals surface area contributed by atoms with Gasteiger partial charge in [-0.15, -0.1) is 0 Å². The van der Waals surface area contributed by atoms with Gasteiger partial charge in [0.25, 0.3) is 0 Å². The van der Waals surface area contributed by atoms with E-state index < -0.39 is 17.1 Å². The molecule has 18 heavy (non-hydrogen) atoms. The summed E-state index contributed by atoms with van der Waals surface area (Å²) in [6.07, 6.45) is 4.54. The lowest BCUT2D eigenvalue weighted by atomic mass is 9.87. The molecule has 92 valence electrons. The summed E-state index contributed by atoms with van der Waals surface area (Å²) in [4.78, 5) is 14.4. The summed E-state index contributed by atoms with van der Waals surface area (Å²) in [5, 5.41) is 18.2. The van der Waals surface area contributed by atoms with E-state index in [9.17, 15) is 14.3 Å². The Morgan fingerprint density at radius 1 is 1.39 bits per heavy atom. The van der Waals surface area contributed by atoms with Crippen LogP contribution < -0.4 is 0 Å². The fraction of sp³-hybridized carbons (Fsp3) is 0.385. The Labute approximate surface area is 103 Å². The normalized spacial score (nSPS) is 16.9. The van der Waals surface area contributed by atoms with Crippen LogP contribution in [0.25, 0.3) is 0 Å². The Hall–Kier alpha value is -2.18. The van der Waals surface area contributed by atoms with Crippen molar-refractivity contribution in [3.05, 3.63) is 29.1 Å². The van der Waals surface area contributed by atoms with Gasteiger partial charge in [0, 0.05) is 0 Å². The van der Waals surface area contributed by atoms with Crippen LogP contribution >= 0.6 is 0 Å². The Kier molecular flexibility index (Phi) is 3.14. The summed E-state index contributed by atoms with van der Waals surface area (Å²) in [5.41, 5.74) is -0.477. The van der Waals surface area contributed by atoms with Crippen molar-refractivity contribution in [2.24, 2.45) is 4.99 Å². The lowest BCUT2D eigenvalue weighted by Crippen LogP contribution is -2.19. The first-order valence-electron chi connectivity index (χ1n) is 5.65. The molecule has 0 atom stereocenters. The van der Waals surface area contributed by atoms with Crippen LogP contribution in [0.3, 0.4) is 0 Å². The molecule has 1 N–H and O–H groups in total. The monoisotopic (exact) mass is 246 g/mol. The van der Waals surface area contributed by atoms with Gasteiger partial charge in [0.1, 0.15) is 6.07 Å². The fourth-order valence-electron chi connectivity index (χ4n) is 2.47. The number of hydrogen-bond acceptors (Lipinski definition) is 4. The molecule has 1 aromatic rings. The van der Waals surface area contributed by atoms with E-state index >= 15 is 0 Å². The smallest absolute Gasteiger partial charge is 0.235 e. The second-order valence-corrected chi connectivity index (χ2v) is 4.41. The molecule has 0 spiro atoms. The molecule has 1 saturated carbocycles. The van der Waals surface area contributed by atoms with E-state index in [0.717, 1.165) is 18.9 Å². The zero-order valence-corrected chi connectivity index (χ0v) is 9.61. The number of nitriles is 1. The summed E-state index contributed by atoms with van der Waals surface area (Å²) in [5.74, 6) is -1.53. The number of nitrogens with zero attached hydrogens (tertiary/aromatic N) is 2. The SMILES string of the molecule is N#Cc1cc(C2(N=C=O)CCCC2)cc(F)c1O. The quantitative estimate of drug-likeness (QED) is 0.643. The van der Waals surface area contributed by atoms with Crippen molar-refractivity contribution in [2.45, 2.75) is 31.2 Å². The molecule has 0 radical (unpaired) electrons. The van der Waals surface area contributed by atoms with Gasteiger partial charge < -0.3 is 5.11 Å². The summed E-state index contributed by atoms with van der Waals surface area (Å²) in [6.45, 7) is 0. The zero-order valence-electron chi connectivity index (χ0n) is 9.61. The average molecular weight is 246 g/mol. The maximum atomic E-state index is 13.5. The number of aromatic hydroxyl groups is 1. The Balaban J connectivity index is 2.60. The van der Waals surface area contributed by atoms with Gasteiger partial charge in [0.05, 0.1) is 11.1 Å². The van der Waals surface area contributed by atoms with Crippen LogP contribution in [0.4, 0.5) is 4.39 Å². The molecule has 0 bridgehead atoms. The second kappa shape index (κ2) is 4.59. The average Bonchev–Trinajstić information content (AvgIpc) is 2.82. The van der Waals surface area contributed by atoms with Gasteiger partial charge >= 0.3 is 0 Å². The minimum absolute atomic E-state index is 0.141. The number of halogens is 1. The summed E-state index contributed by atoms with van der Waals surface area (Å²) in [7, 11) is 0. The molecule has 0 aromatic heterocycles. The van der Waals surface area contributed by atoms with Gasteiger partial charge in [-0.1, -0.05) is 12.8 Å². The van der Waals surface area contributed by atoms with Crippen LogP contribution in [0.1, 0.15) is 36.8 Å². The Morgan fingerprint density at radius 3 is 2.61 bits per heavy atom. The van der Waals surface area contributed by atoms with Crippen molar-refractivity contribution < 1.29 is 14.3 Å². The number of rotatable bonds is 2. The van der Waals surface area contributed by atoms with Gasteiger partial charge in [-0.05, 0) is 30.5 Å². The van der Waals surface area contributed by atoms with Gasteiger partial charge in [-0.3, -0.25) is 0 Å². The first-order valence-corrected chi connectivity index (χ1v) is 5.65. The third-order valence-electron chi connectivity index (χ3n) is 3.41. The van der Waals surface area contributed by atoms with E-state index in [0.29, 0.717) is 18.4 Å². The second-order valence-electron chi connectivity index (χ2n) is 4.41. The zero-order chi connectivity index (χ0) is 13.2. The van der Waals surface area contributed by atoms with Crippen LogP contribution in [0.2, 0.25) is 0 Å². The van der Waals surface area contributed by atoms with E-state index in [1.165, 1.54) is 12.1 Å². The van der Waals surface area contributed by atoms with Crippen LogP contribution in [-0.4, -0.2) is 11.2 Å². The van der Waals surface area contributed by atoms with Gasteiger partial charge in [-0.25, -0.2) is 9.18 Å². The molecule has 0 heterocycles. The predicted molar refractivity (Wildman–Crippen MR) is 61.0 cm³/mol. The van der Waals surface area contributed by atoms with E-state index in [1.807, 2.05) is 0 Å². The van der Waals surface area contributed by atoms with Crippen molar-refractivity contribution >= 4 is 6.08 Å². The highest BCUT2D eigenvalue weighted by molar-refractivity contribution is 5.48. The maximum Gasteiger partial charge on any atom is 0.235 e. The molecule has 2 rings (SSSR count). The van der Waals surface area contributed by atoms with Crippen molar-refractivity contribution in [1.82, 2.24) is 0 Å². The molecule has 4 nitrogen and oxygen atoms in total. The molecule has 5 heteroatoms. The lowest BCUT2D eigenvalue weighted by Gasteiger charge is -2.23. The summed E-state index contributed by atoms with van der Waals surface area (Å²) in [6, 6.07) is 4.26. The fourth-order valence-corrected chi connectivity index (χ4v) is 2.47.